The lowest BCUT2D eigenvalue weighted by Crippen LogP contribution is -2.13. The van der Waals surface area contributed by atoms with Gasteiger partial charge in [-0.3, -0.25) is 14.6 Å². The van der Waals surface area contributed by atoms with Gasteiger partial charge in [0.2, 0.25) is 0 Å². The first-order chi connectivity index (χ1) is 15.6. The second kappa shape index (κ2) is 9.83. The molecule has 4 rings (SSSR count). The molecule has 0 spiro atoms. The van der Waals surface area contributed by atoms with Crippen LogP contribution in [0, 0.1) is 6.92 Å². The first-order valence-electron chi connectivity index (χ1n) is 10.3. The lowest BCUT2D eigenvalue weighted by molar-refractivity contribution is -0.120. The lowest BCUT2D eigenvalue weighted by Gasteiger charge is -2.06. The highest BCUT2D eigenvalue weighted by Crippen LogP contribution is 2.15. The minimum absolute atomic E-state index is 0.00699. The van der Waals surface area contributed by atoms with Gasteiger partial charge in [0, 0.05) is 36.5 Å². The van der Waals surface area contributed by atoms with Gasteiger partial charge in [-0.2, -0.15) is 5.10 Å². The van der Waals surface area contributed by atoms with Gasteiger partial charge < -0.3 is 4.74 Å². The van der Waals surface area contributed by atoms with Crippen molar-refractivity contribution in [3.05, 3.63) is 108 Å². The number of carbonyl (C=O) groups excluding carboxylic acids is 2. The number of ketones is 2. The number of benzene rings is 2. The van der Waals surface area contributed by atoms with Gasteiger partial charge in [-0.15, -0.1) is 0 Å². The lowest BCUT2D eigenvalue weighted by atomic mass is 10.0. The molecule has 2 aromatic heterocycles. The molecule has 0 saturated heterocycles. The van der Waals surface area contributed by atoms with E-state index in [4.69, 9.17) is 4.74 Å². The zero-order valence-corrected chi connectivity index (χ0v) is 17.8. The quantitative estimate of drug-likeness (QED) is 0.376. The number of para-hydroxylation sites is 1. The number of aromatic nitrogens is 3. The van der Waals surface area contributed by atoms with Crippen molar-refractivity contribution in [1.82, 2.24) is 14.8 Å². The normalized spacial score (nSPS) is 10.7. The van der Waals surface area contributed by atoms with Crippen molar-refractivity contribution in [2.45, 2.75) is 19.8 Å². The Bertz CT molecular complexity index is 1210. The largest absolute Gasteiger partial charge is 0.486 e. The first kappa shape index (κ1) is 21.2. The van der Waals surface area contributed by atoms with E-state index in [1.807, 2.05) is 61.5 Å². The van der Waals surface area contributed by atoms with E-state index in [1.54, 1.807) is 35.4 Å². The van der Waals surface area contributed by atoms with Crippen LogP contribution in [0.3, 0.4) is 0 Å². The molecule has 0 N–H and O–H groups in total. The molecule has 0 saturated carbocycles. The molecule has 2 heterocycles. The number of hydrogen-bond acceptors (Lipinski definition) is 5. The summed E-state index contributed by atoms with van der Waals surface area (Å²) < 4.78 is 7.18. The molecule has 0 aliphatic rings. The van der Waals surface area contributed by atoms with Crippen molar-refractivity contribution in [3.8, 4) is 11.4 Å². The van der Waals surface area contributed by atoms with Crippen molar-refractivity contribution in [1.29, 1.82) is 0 Å². The second-order valence-electron chi connectivity index (χ2n) is 7.57. The number of rotatable bonds is 9. The van der Waals surface area contributed by atoms with Crippen LogP contribution in [0.4, 0.5) is 0 Å². The van der Waals surface area contributed by atoms with Crippen LogP contribution in [0.1, 0.15) is 27.2 Å². The van der Waals surface area contributed by atoms with Crippen LogP contribution in [0.15, 0.2) is 85.3 Å². The van der Waals surface area contributed by atoms with Crippen LogP contribution in [-0.2, 0) is 17.6 Å². The number of Topliss-reactive ketones (excluding diaryl/α,β-unsaturated/α-hetero) is 2. The Balaban J connectivity index is 1.38. The van der Waals surface area contributed by atoms with Crippen molar-refractivity contribution in [3.63, 3.8) is 0 Å². The summed E-state index contributed by atoms with van der Waals surface area (Å²) in [6.45, 7) is 1.92. The van der Waals surface area contributed by atoms with Gasteiger partial charge in [0.05, 0.1) is 11.9 Å². The molecule has 0 atom stereocenters. The number of pyridine rings is 1. The third-order valence-corrected chi connectivity index (χ3v) is 4.95. The van der Waals surface area contributed by atoms with E-state index in [-0.39, 0.29) is 31.0 Å². The van der Waals surface area contributed by atoms with Gasteiger partial charge in [0.1, 0.15) is 12.4 Å². The van der Waals surface area contributed by atoms with Crippen molar-refractivity contribution in [2.24, 2.45) is 0 Å². The average Bonchev–Trinajstić information content (AvgIpc) is 3.28. The maximum atomic E-state index is 12.7. The molecule has 6 nitrogen and oxygen atoms in total. The number of ether oxygens (including phenoxy) is 1. The Labute approximate surface area is 186 Å². The fraction of sp³-hybridized carbons (Fsp3) is 0.154. The van der Waals surface area contributed by atoms with Crippen LogP contribution < -0.4 is 4.74 Å². The maximum Gasteiger partial charge on any atom is 0.174 e. The predicted molar refractivity (Wildman–Crippen MR) is 121 cm³/mol. The van der Waals surface area contributed by atoms with E-state index in [1.165, 1.54) is 0 Å². The fourth-order valence-corrected chi connectivity index (χ4v) is 3.26. The summed E-state index contributed by atoms with van der Waals surface area (Å²) in [5, 5.41) is 4.35. The molecule has 0 unspecified atom stereocenters. The molecule has 0 aliphatic heterocycles. The minimum atomic E-state index is -0.0379. The first-order valence-corrected chi connectivity index (χ1v) is 10.3. The molecule has 0 aliphatic carbocycles. The Hall–Kier alpha value is -4.06. The van der Waals surface area contributed by atoms with Crippen LogP contribution in [-0.4, -0.2) is 32.9 Å². The summed E-state index contributed by atoms with van der Waals surface area (Å²) >= 11 is 0. The van der Waals surface area contributed by atoms with Gasteiger partial charge in [-0.1, -0.05) is 36.4 Å². The highest BCUT2D eigenvalue weighted by atomic mass is 16.5. The standard InChI is InChI=1S/C26H23N3O3/c1-19-10-11-20(15-27-19)13-26(31)22-6-5-7-23(14-22)29-17-21(16-28-29)12-24(30)18-32-25-8-3-2-4-9-25/h2-11,14-17H,12-13,18H2,1H3. The number of aryl methyl sites for hydroxylation is 1. The summed E-state index contributed by atoms with van der Waals surface area (Å²) in [7, 11) is 0. The van der Waals surface area contributed by atoms with Gasteiger partial charge >= 0.3 is 0 Å². The third-order valence-electron chi connectivity index (χ3n) is 4.95. The molecular formula is C26H23N3O3. The summed E-state index contributed by atoms with van der Waals surface area (Å²) in [5.74, 6) is 0.640. The van der Waals surface area contributed by atoms with Crippen LogP contribution in [0.25, 0.3) is 5.69 Å². The molecule has 0 bridgehead atoms. The number of nitrogens with zero attached hydrogens (tertiary/aromatic N) is 3. The zero-order valence-electron chi connectivity index (χ0n) is 17.8. The number of hydrogen-bond donors (Lipinski definition) is 0. The molecule has 2 aromatic carbocycles. The van der Waals surface area contributed by atoms with Crippen molar-refractivity contribution in [2.75, 3.05) is 6.61 Å². The molecule has 32 heavy (non-hydrogen) atoms. The van der Waals surface area contributed by atoms with Gasteiger partial charge in [-0.25, -0.2) is 4.68 Å². The smallest absolute Gasteiger partial charge is 0.174 e. The Morgan fingerprint density at radius 2 is 1.75 bits per heavy atom. The zero-order chi connectivity index (χ0) is 22.3. The molecule has 0 amide bonds. The minimum Gasteiger partial charge on any atom is -0.486 e. The van der Waals surface area contributed by atoms with Gasteiger partial charge in [-0.05, 0) is 48.4 Å². The van der Waals surface area contributed by atoms with Gasteiger partial charge in [0.15, 0.2) is 11.6 Å². The predicted octanol–water partition coefficient (Wildman–Crippen LogP) is 4.19. The Morgan fingerprint density at radius 1 is 0.906 bits per heavy atom. The van der Waals surface area contributed by atoms with E-state index in [0.29, 0.717) is 11.3 Å². The van der Waals surface area contributed by atoms with E-state index < -0.39 is 0 Å². The SMILES string of the molecule is Cc1ccc(CC(=O)c2cccc(-n3cc(CC(=O)COc4ccccc4)cn3)c2)cn1. The monoisotopic (exact) mass is 425 g/mol. The van der Waals surface area contributed by atoms with E-state index in [2.05, 4.69) is 10.1 Å². The maximum absolute atomic E-state index is 12.7. The van der Waals surface area contributed by atoms with Crippen LogP contribution >= 0.6 is 0 Å². The Kier molecular flexibility index (Phi) is 6.51. The summed E-state index contributed by atoms with van der Waals surface area (Å²) in [5.41, 5.74) is 3.95. The summed E-state index contributed by atoms with van der Waals surface area (Å²) in [6.07, 6.45) is 5.71. The van der Waals surface area contributed by atoms with Crippen molar-refractivity contribution >= 4 is 11.6 Å². The average molecular weight is 425 g/mol. The highest BCUT2D eigenvalue weighted by Gasteiger charge is 2.11. The molecule has 0 fully saturated rings. The van der Waals surface area contributed by atoms with Crippen LogP contribution in [0.5, 0.6) is 5.75 Å². The van der Waals surface area contributed by atoms with E-state index >= 15 is 0 Å². The summed E-state index contributed by atoms with van der Waals surface area (Å²) in [6, 6.07) is 20.4. The van der Waals surface area contributed by atoms with Crippen LogP contribution in [0.2, 0.25) is 0 Å². The Morgan fingerprint density at radius 3 is 2.53 bits per heavy atom. The molecule has 4 aromatic rings. The van der Waals surface area contributed by atoms with Gasteiger partial charge in [0.25, 0.3) is 0 Å². The molecule has 0 radical (unpaired) electrons. The second-order valence-corrected chi connectivity index (χ2v) is 7.57. The fourth-order valence-electron chi connectivity index (χ4n) is 3.26. The molecular weight excluding hydrogens is 402 g/mol. The summed E-state index contributed by atoms with van der Waals surface area (Å²) in [4.78, 5) is 29.2. The number of carbonyl (C=O) groups is 2. The molecule has 160 valence electrons. The highest BCUT2D eigenvalue weighted by molar-refractivity contribution is 5.97. The van der Waals surface area contributed by atoms with E-state index in [0.717, 1.165) is 22.5 Å². The molecule has 6 heteroatoms. The topological polar surface area (TPSA) is 74.1 Å². The third kappa shape index (κ3) is 5.55. The van der Waals surface area contributed by atoms with Crippen molar-refractivity contribution < 1.29 is 14.3 Å². The van der Waals surface area contributed by atoms with E-state index in [9.17, 15) is 9.59 Å².